The van der Waals surface area contributed by atoms with Gasteiger partial charge in [0.25, 0.3) is 11.6 Å². The second-order valence-corrected chi connectivity index (χ2v) is 10.4. The first-order chi connectivity index (χ1) is 20.4. The Bertz CT molecular complexity index is 1790. The number of hydrogen-bond acceptors (Lipinski definition) is 6. The average molecular weight is 560 g/mol. The first-order valence-corrected chi connectivity index (χ1v) is 13.8. The zero-order chi connectivity index (χ0) is 29.2. The predicted octanol–water partition coefficient (Wildman–Crippen LogP) is 5.74. The van der Waals surface area contributed by atoms with Crippen molar-refractivity contribution in [2.45, 2.75) is 13.5 Å². The van der Waals surface area contributed by atoms with E-state index in [0.717, 1.165) is 33.7 Å². The molecule has 0 atom stereocenters. The molecule has 42 heavy (non-hydrogen) atoms. The van der Waals surface area contributed by atoms with Gasteiger partial charge in [-0.1, -0.05) is 60.7 Å². The van der Waals surface area contributed by atoms with E-state index in [2.05, 4.69) is 27.6 Å². The molecule has 1 amide bonds. The zero-order valence-corrected chi connectivity index (χ0v) is 23.1. The number of Topliss-reactive ketones (excluding diaryl/α,β-unsaturated/α-hetero) is 1. The molecule has 9 heteroatoms. The van der Waals surface area contributed by atoms with Crippen LogP contribution < -0.4 is 0 Å². The fraction of sp³-hybridized carbons (Fsp3) is 0.182. The maximum atomic E-state index is 13.1. The fourth-order valence-corrected chi connectivity index (χ4v) is 5.40. The van der Waals surface area contributed by atoms with Crippen molar-refractivity contribution < 1.29 is 14.5 Å². The summed E-state index contributed by atoms with van der Waals surface area (Å²) in [6, 6.07) is 27.7. The van der Waals surface area contributed by atoms with Gasteiger partial charge < -0.3 is 9.30 Å². The molecule has 1 saturated heterocycles. The number of carbonyl (C=O) groups excluding carboxylic acids is 2. The van der Waals surface area contributed by atoms with Crippen LogP contribution in [0.4, 0.5) is 5.69 Å². The van der Waals surface area contributed by atoms with E-state index in [0.29, 0.717) is 43.9 Å². The van der Waals surface area contributed by atoms with Crippen LogP contribution >= 0.6 is 0 Å². The molecule has 0 bridgehead atoms. The third-order valence-electron chi connectivity index (χ3n) is 7.73. The van der Waals surface area contributed by atoms with Crippen LogP contribution in [0.15, 0.2) is 97.2 Å². The van der Waals surface area contributed by atoms with Gasteiger partial charge in [0.15, 0.2) is 5.78 Å². The summed E-state index contributed by atoms with van der Waals surface area (Å²) in [6.45, 7) is 4.56. The van der Waals surface area contributed by atoms with Gasteiger partial charge in [-0.2, -0.15) is 0 Å². The monoisotopic (exact) mass is 559 g/mol. The second kappa shape index (κ2) is 11.4. The fourth-order valence-electron chi connectivity index (χ4n) is 5.40. The Morgan fingerprint density at radius 1 is 0.810 bits per heavy atom. The second-order valence-electron chi connectivity index (χ2n) is 10.4. The Labute approximate surface area is 242 Å². The number of carbonyl (C=O) groups is 2. The number of rotatable bonds is 7. The Hall–Kier alpha value is -5.15. The quantitative estimate of drug-likeness (QED) is 0.143. The molecule has 0 spiro atoms. The number of nitrogens with zero attached hydrogens (tertiary/aromatic N) is 5. The smallest absolute Gasteiger partial charge is 0.270 e. The van der Waals surface area contributed by atoms with E-state index in [9.17, 15) is 19.7 Å². The molecule has 0 N–H and O–H groups in total. The van der Waals surface area contributed by atoms with Crippen molar-refractivity contribution in [1.29, 1.82) is 0 Å². The van der Waals surface area contributed by atoms with E-state index in [4.69, 9.17) is 4.98 Å². The Morgan fingerprint density at radius 2 is 1.52 bits per heavy atom. The summed E-state index contributed by atoms with van der Waals surface area (Å²) in [6.07, 6.45) is 2.09. The molecule has 0 unspecified atom stereocenters. The van der Waals surface area contributed by atoms with Gasteiger partial charge in [0.2, 0.25) is 0 Å². The molecule has 0 radical (unpaired) electrons. The number of aromatic nitrogens is 2. The largest absolute Gasteiger partial charge is 0.336 e. The van der Waals surface area contributed by atoms with Crippen LogP contribution in [0.5, 0.6) is 0 Å². The number of non-ortho nitro benzene ring substituents is 1. The number of nitro groups is 1. The van der Waals surface area contributed by atoms with E-state index in [1.54, 1.807) is 24.0 Å². The van der Waals surface area contributed by atoms with Crippen LogP contribution in [0.1, 0.15) is 33.3 Å². The summed E-state index contributed by atoms with van der Waals surface area (Å²) < 4.78 is 2.14. The molecule has 1 aliphatic heterocycles. The normalized spacial score (nSPS) is 13.8. The number of hydrogen-bond donors (Lipinski definition) is 0. The van der Waals surface area contributed by atoms with Gasteiger partial charge in [-0.3, -0.25) is 24.6 Å². The predicted molar refractivity (Wildman–Crippen MR) is 160 cm³/mol. The molecule has 210 valence electrons. The molecule has 3 aromatic carbocycles. The number of ketones is 1. The standard InChI is InChI=1S/C33H29N5O4/c1-23(39)24-10-12-25(13-11-24)28-14-15-31-34-32(26-6-3-2-4-7-26)30(37(31)21-28)22-35-16-18-36(19-17-35)33(40)27-8-5-9-29(20-27)38(41)42/h2-15,20-21H,16-19,22H2,1H3. The number of fused-ring (bicyclic) bond motifs is 1. The Morgan fingerprint density at radius 3 is 2.21 bits per heavy atom. The van der Waals surface area contributed by atoms with Gasteiger partial charge in [-0.15, -0.1) is 0 Å². The lowest BCUT2D eigenvalue weighted by Crippen LogP contribution is -2.48. The molecule has 5 aromatic rings. The zero-order valence-electron chi connectivity index (χ0n) is 23.1. The van der Waals surface area contributed by atoms with Crippen molar-refractivity contribution in [2.75, 3.05) is 26.2 Å². The minimum absolute atomic E-state index is 0.0354. The summed E-state index contributed by atoms with van der Waals surface area (Å²) in [4.78, 5) is 44.6. The van der Waals surface area contributed by atoms with Crippen molar-refractivity contribution in [3.05, 3.63) is 124 Å². The van der Waals surface area contributed by atoms with Gasteiger partial charge in [0, 0.05) is 67.7 Å². The van der Waals surface area contributed by atoms with Gasteiger partial charge in [-0.25, -0.2) is 4.98 Å². The highest BCUT2D eigenvalue weighted by atomic mass is 16.6. The molecule has 1 fully saturated rings. The van der Waals surface area contributed by atoms with Crippen LogP contribution in [-0.4, -0.2) is 62.0 Å². The number of imidazole rings is 1. The maximum absolute atomic E-state index is 13.1. The lowest BCUT2D eigenvalue weighted by atomic mass is 10.0. The summed E-state index contributed by atoms with van der Waals surface area (Å²) in [5.41, 5.74) is 6.78. The SMILES string of the molecule is CC(=O)c1ccc(-c2ccc3nc(-c4ccccc4)c(CN4CCN(C(=O)c5cccc([N+](=O)[O-])c5)CC4)n3c2)cc1. The van der Waals surface area contributed by atoms with Gasteiger partial charge in [-0.05, 0) is 36.2 Å². The molecular weight excluding hydrogens is 530 g/mol. The molecule has 3 heterocycles. The van der Waals surface area contributed by atoms with Crippen molar-refractivity contribution >= 4 is 23.0 Å². The average Bonchev–Trinajstić information content (AvgIpc) is 3.39. The summed E-state index contributed by atoms with van der Waals surface area (Å²) in [7, 11) is 0. The molecule has 0 saturated carbocycles. The van der Waals surface area contributed by atoms with Crippen molar-refractivity contribution in [3.8, 4) is 22.4 Å². The highest BCUT2D eigenvalue weighted by molar-refractivity contribution is 5.95. The number of amides is 1. The Kier molecular flexibility index (Phi) is 7.33. The topological polar surface area (TPSA) is 101 Å². The molecule has 1 aliphatic rings. The van der Waals surface area contributed by atoms with Crippen LogP contribution in [0.2, 0.25) is 0 Å². The third-order valence-corrected chi connectivity index (χ3v) is 7.73. The highest BCUT2D eigenvalue weighted by Crippen LogP contribution is 2.29. The molecular formula is C33H29N5O4. The third kappa shape index (κ3) is 5.42. The number of piperazine rings is 1. The highest BCUT2D eigenvalue weighted by Gasteiger charge is 2.25. The minimum atomic E-state index is -0.485. The van der Waals surface area contributed by atoms with Crippen molar-refractivity contribution in [2.24, 2.45) is 0 Å². The summed E-state index contributed by atoms with van der Waals surface area (Å²) in [5.74, 6) is -0.160. The first kappa shape index (κ1) is 27.0. The molecule has 9 nitrogen and oxygen atoms in total. The lowest BCUT2D eigenvalue weighted by Gasteiger charge is -2.34. The van der Waals surface area contributed by atoms with Crippen LogP contribution in [0.25, 0.3) is 28.0 Å². The maximum Gasteiger partial charge on any atom is 0.270 e. The van der Waals surface area contributed by atoms with Crippen LogP contribution in [0.3, 0.4) is 0 Å². The van der Waals surface area contributed by atoms with Crippen molar-refractivity contribution in [3.63, 3.8) is 0 Å². The van der Waals surface area contributed by atoms with Crippen molar-refractivity contribution in [1.82, 2.24) is 19.2 Å². The minimum Gasteiger partial charge on any atom is -0.336 e. The van der Waals surface area contributed by atoms with E-state index in [-0.39, 0.29) is 17.4 Å². The molecule has 0 aliphatic carbocycles. The first-order valence-electron chi connectivity index (χ1n) is 13.8. The van der Waals surface area contributed by atoms with Crippen LogP contribution in [0, 0.1) is 10.1 Å². The van der Waals surface area contributed by atoms with E-state index >= 15 is 0 Å². The summed E-state index contributed by atoms with van der Waals surface area (Å²) in [5, 5.41) is 11.2. The van der Waals surface area contributed by atoms with Gasteiger partial charge in [0.05, 0.1) is 16.3 Å². The van der Waals surface area contributed by atoms with E-state index < -0.39 is 4.92 Å². The van der Waals surface area contributed by atoms with Gasteiger partial charge >= 0.3 is 0 Å². The molecule has 6 rings (SSSR count). The number of pyridine rings is 1. The van der Waals surface area contributed by atoms with E-state index in [1.807, 2.05) is 54.6 Å². The van der Waals surface area contributed by atoms with E-state index in [1.165, 1.54) is 12.1 Å². The van der Waals surface area contributed by atoms with Gasteiger partial charge in [0.1, 0.15) is 5.65 Å². The number of benzene rings is 3. The summed E-state index contributed by atoms with van der Waals surface area (Å²) >= 11 is 0. The molecule has 2 aromatic heterocycles. The Balaban J connectivity index is 1.27. The van der Waals surface area contributed by atoms with Crippen LogP contribution in [-0.2, 0) is 6.54 Å². The number of nitro benzene ring substituents is 1. The lowest BCUT2D eigenvalue weighted by molar-refractivity contribution is -0.384.